The standard InChI is InChI=1S/C23H23ClN2OS/c1-23(2,3)21-19(15-17-9-12-18(24)13-10-17)28-22(26-21)25-20(27)14-11-16-7-5-4-6-8-16/h4-14H,15H2,1-3H3,(H,25,26,27)/b14-11+. The Morgan fingerprint density at radius 1 is 1.11 bits per heavy atom. The Morgan fingerprint density at radius 2 is 1.79 bits per heavy atom. The van der Waals surface area contributed by atoms with Gasteiger partial charge in [-0.3, -0.25) is 10.1 Å². The van der Waals surface area contributed by atoms with Gasteiger partial charge in [-0.2, -0.15) is 0 Å². The highest BCUT2D eigenvalue weighted by Crippen LogP contribution is 2.33. The van der Waals surface area contributed by atoms with E-state index in [1.165, 1.54) is 23.0 Å². The number of carbonyl (C=O) groups excluding carboxylic acids is 1. The van der Waals surface area contributed by atoms with E-state index in [0.717, 1.165) is 27.6 Å². The summed E-state index contributed by atoms with van der Waals surface area (Å²) >= 11 is 7.52. The summed E-state index contributed by atoms with van der Waals surface area (Å²) < 4.78 is 0. The summed E-state index contributed by atoms with van der Waals surface area (Å²) in [5.74, 6) is -0.184. The van der Waals surface area contributed by atoms with E-state index in [4.69, 9.17) is 16.6 Å². The second-order valence-corrected chi connectivity index (χ2v) is 9.10. The van der Waals surface area contributed by atoms with Crippen LogP contribution in [0, 0.1) is 0 Å². The van der Waals surface area contributed by atoms with Crippen molar-refractivity contribution in [2.24, 2.45) is 0 Å². The van der Waals surface area contributed by atoms with Crippen molar-refractivity contribution in [2.45, 2.75) is 32.6 Å². The van der Waals surface area contributed by atoms with Crippen LogP contribution in [0.25, 0.3) is 6.08 Å². The highest BCUT2D eigenvalue weighted by atomic mass is 35.5. The highest BCUT2D eigenvalue weighted by molar-refractivity contribution is 7.16. The second kappa shape index (κ2) is 8.72. The van der Waals surface area contributed by atoms with Crippen molar-refractivity contribution in [3.05, 3.63) is 87.4 Å². The van der Waals surface area contributed by atoms with Crippen LogP contribution in [0.4, 0.5) is 5.13 Å². The monoisotopic (exact) mass is 410 g/mol. The molecule has 0 bridgehead atoms. The van der Waals surface area contributed by atoms with Gasteiger partial charge in [0, 0.05) is 27.8 Å². The van der Waals surface area contributed by atoms with Crippen LogP contribution >= 0.6 is 22.9 Å². The smallest absolute Gasteiger partial charge is 0.250 e. The summed E-state index contributed by atoms with van der Waals surface area (Å²) in [5.41, 5.74) is 3.05. The Hall–Kier alpha value is -2.43. The Kier molecular flexibility index (Phi) is 6.32. The van der Waals surface area contributed by atoms with Crippen LogP contribution in [0.15, 0.2) is 60.7 Å². The number of aromatic nitrogens is 1. The van der Waals surface area contributed by atoms with Gasteiger partial charge in [0.2, 0.25) is 5.91 Å². The van der Waals surface area contributed by atoms with E-state index in [0.29, 0.717) is 5.13 Å². The average molecular weight is 411 g/mol. The molecule has 0 spiro atoms. The maximum atomic E-state index is 12.3. The first-order valence-electron chi connectivity index (χ1n) is 9.10. The summed E-state index contributed by atoms with van der Waals surface area (Å²) in [6.07, 6.45) is 4.09. The lowest BCUT2D eigenvalue weighted by Gasteiger charge is -2.17. The lowest BCUT2D eigenvalue weighted by Crippen LogP contribution is -2.15. The normalized spacial score (nSPS) is 11.7. The molecule has 144 valence electrons. The molecule has 1 aromatic heterocycles. The van der Waals surface area contributed by atoms with Crippen LogP contribution in [-0.4, -0.2) is 10.9 Å². The van der Waals surface area contributed by atoms with Gasteiger partial charge in [0.05, 0.1) is 5.69 Å². The summed E-state index contributed by atoms with van der Waals surface area (Å²) in [6.45, 7) is 6.40. The van der Waals surface area contributed by atoms with Crippen molar-refractivity contribution in [3.63, 3.8) is 0 Å². The van der Waals surface area contributed by atoms with E-state index in [9.17, 15) is 4.79 Å². The van der Waals surface area contributed by atoms with E-state index in [1.54, 1.807) is 6.08 Å². The number of hydrogen-bond acceptors (Lipinski definition) is 3. The van der Waals surface area contributed by atoms with Gasteiger partial charge in [0.1, 0.15) is 0 Å². The number of carbonyl (C=O) groups is 1. The number of hydrogen-bond donors (Lipinski definition) is 1. The number of rotatable bonds is 5. The Bertz CT molecular complexity index is 970. The van der Waals surface area contributed by atoms with Crippen LogP contribution in [0.3, 0.4) is 0 Å². The molecule has 0 fully saturated rings. The van der Waals surface area contributed by atoms with E-state index in [2.05, 4.69) is 26.1 Å². The molecule has 0 radical (unpaired) electrons. The molecular weight excluding hydrogens is 388 g/mol. The third-order valence-corrected chi connectivity index (χ3v) is 5.37. The maximum Gasteiger partial charge on any atom is 0.250 e. The van der Waals surface area contributed by atoms with Crippen molar-refractivity contribution in [1.29, 1.82) is 0 Å². The molecule has 2 aromatic carbocycles. The number of amides is 1. The first kappa shape index (κ1) is 20.3. The Labute approximate surface area is 175 Å². The van der Waals surface area contributed by atoms with Gasteiger partial charge < -0.3 is 0 Å². The van der Waals surface area contributed by atoms with Gasteiger partial charge in [-0.05, 0) is 29.3 Å². The third-order valence-electron chi connectivity index (χ3n) is 4.14. The number of nitrogens with one attached hydrogen (secondary N) is 1. The van der Waals surface area contributed by atoms with Crippen LogP contribution in [0.1, 0.15) is 42.5 Å². The van der Waals surface area contributed by atoms with E-state index < -0.39 is 0 Å². The van der Waals surface area contributed by atoms with Gasteiger partial charge in [-0.15, -0.1) is 11.3 Å². The summed E-state index contributed by atoms with van der Waals surface area (Å²) in [7, 11) is 0. The predicted octanol–water partition coefficient (Wildman–Crippen LogP) is 6.34. The largest absolute Gasteiger partial charge is 0.298 e. The fourth-order valence-electron chi connectivity index (χ4n) is 2.78. The average Bonchev–Trinajstić information content (AvgIpc) is 3.05. The molecule has 0 saturated heterocycles. The van der Waals surface area contributed by atoms with Gasteiger partial charge in [0.25, 0.3) is 0 Å². The molecule has 0 atom stereocenters. The van der Waals surface area contributed by atoms with E-state index in [1.807, 2.05) is 54.6 Å². The molecule has 3 rings (SSSR count). The zero-order chi connectivity index (χ0) is 20.1. The molecule has 28 heavy (non-hydrogen) atoms. The van der Waals surface area contributed by atoms with Crippen molar-refractivity contribution < 1.29 is 4.79 Å². The molecule has 0 aliphatic rings. The molecule has 5 heteroatoms. The van der Waals surface area contributed by atoms with Crippen molar-refractivity contribution in [1.82, 2.24) is 4.98 Å². The van der Waals surface area contributed by atoms with Crippen molar-refractivity contribution in [3.8, 4) is 0 Å². The first-order valence-corrected chi connectivity index (χ1v) is 10.3. The molecule has 1 N–H and O–H groups in total. The number of halogens is 1. The first-order chi connectivity index (χ1) is 13.3. The lowest BCUT2D eigenvalue weighted by molar-refractivity contribution is -0.111. The fourth-order valence-corrected chi connectivity index (χ4v) is 4.12. The van der Waals surface area contributed by atoms with E-state index in [-0.39, 0.29) is 11.3 Å². The molecule has 3 nitrogen and oxygen atoms in total. The SMILES string of the molecule is CC(C)(C)c1nc(NC(=O)/C=C/c2ccccc2)sc1Cc1ccc(Cl)cc1. The van der Waals surface area contributed by atoms with Crippen LogP contribution in [0.5, 0.6) is 0 Å². The number of benzene rings is 2. The van der Waals surface area contributed by atoms with Gasteiger partial charge in [-0.25, -0.2) is 4.98 Å². The quantitative estimate of drug-likeness (QED) is 0.499. The summed E-state index contributed by atoms with van der Waals surface area (Å²) in [5, 5.41) is 4.25. The van der Waals surface area contributed by atoms with Gasteiger partial charge in [-0.1, -0.05) is 74.8 Å². The van der Waals surface area contributed by atoms with Crippen molar-refractivity contribution >= 4 is 40.1 Å². The van der Waals surface area contributed by atoms with Gasteiger partial charge >= 0.3 is 0 Å². The number of anilines is 1. The van der Waals surface area contributed by atoms with Crippen LogP contribution in [-0.2, 0) is 16.6 Å². The molecule has 0 unspecified atom stereocenters. The Morgan fingerprint density at radius 3 is 2.43 bits per heavy atom. The minimum absolute atomic E-state index is 0.110. The van der Waals surface area contributed by atoms with Crippen LogP contribution in [0.2, 0.25) is 5.02 Å². The maximum absolute atomic E-state index is 12.3. The predicted molar refractivity (Wildman–Crippen MR) is 119 cm³/mol. The molecule has 3 aromatic rings. The number of nitrogens with zero attached hydrogens (tertiary/aromatic N) is 1. The molecule has 1 amide bonds. The highest BCUT2D eigenvalue weighted by Gasteiger charge is 2.23. The van der Waals surface area contributed by atoms with Gasteiger partial charge in [0.15, 0.2) is 5.13 Å². The summed E-state index contributed by atoms with van der Waals surface area (Å²) in [6, 6.07) is 17.6. The molecule has 1 heterocycles. The number of thiazole rings is 1. The molecule has 0 aliphatic heterocycles. The zero-order valence-electron chi connectivity index (χ0n) is 16.2. The minimum atomic E-state index is -0.184. The molecular formula is C23H23ClN2OS. The molecule has 0 saturated carbocycles. The molecule has 0 aliphatic carbocycles. The second-order valence-electron chi connectivity index (χ2n) is 7.58. The minimum Gasteiger partial charge on any atom is -0.298 e. The third kappa shape index (κ3) is 5.54. The van der Waals surface area contributed by atoms with Crippen LogP contribution < -0.4 is 5.32 Å². The summed E-state index contributed by atoms with van der Waals surface area (Å²) in [4.78, 5) is 18.2. The lowest BCUT2D eigenvalue weighted by atomic mass is 9.90. The zero-order valence-corrected chi connectivity index (χ0v) is 17.8. The van der Waals surface area contributed by atoms with Crippen molar-refractivity contribution in [2.75, 3.05) is 5.32 Å². The topological polar surface area (TPSA) is 42.0 Å². The van der Waals surface area contributed by atoms with E-state index >= 15 is 0 Å². The fraction of sp³-hybridized carbons (Fsp3) is 0.217. The Balaban J connectivity index is 1.78.